The van der Waals surface area contributed by atoms with E-state index in [1.54, 1.807) is 12.3 Å². The number of carbonyl (C=O) groups excluding carboxylic acids is 1. The van der Waals surface area contributed by atoms with Crippen LogP contribution in [0.3, 0.4) is 0 Å². The number of halogens is 2. The Balaban J connectivity index is 1.92. The van der Waals surface area contributed by atoms with Crippen molar-refractivity contribution in [1.29, 1.82) is 0 Å². The largest absolute Gasteiger partial charge is 0.383 e. The van der Waals surface area contributed by atoms with Crippen LogP contribution < -0.4 is 11.1 Å². The fourth-order valence-corrected chi connectivity index (χ4v) is 2.93. The van der Waals surface area contributed by atoms with E-state index in [1.165, 1.54) is 11.3 Å². The van der Waals surface area contributed by atoms with Gasteiger partial charge in [-0.15, -0.1) is 11.3 Å². The van der Waals surface area contributed by atoms with Crippen molar-refractivity contribution >= 4 is 50.6 Å². The molecule has 1 amide bonds. The van der Waals surface area contributed by atoms with E-state index in [0.717, 1.165) is 20.1 Å². The van der Waals surface area contributed by atoms with E-state index >= 15 is 0 Å². The van der Waals surface area contributed by atoms with Gasteiger partial charge in [-0.05, 0) is 40.5 Å². The van der Waals surface area contributed by atoms with Gasteiger partial charge < -0.3 is 11.1 Å². The van der Waals surface area contributed by atoms with Crippen LogP contribution >= 0.6 is 38.9 Å². The number of hydrogen-bond donors (Lipinski definition) is 2. The molecule has 7 heteroatoms. The highest BCUT2D eigenvalue weighted by atomic mass is 79.9. The molecule has 2 aromatic heterocycles. The minimum absolute atomic E-state index is 0.222. The molecule has 100 valence electrons. The van der Waals surface area contributed by atoms with Gasteiger partial charge in [0.15, 0.2) is 0 Å². The number of nitrogens with zero attached hydrogens (tertiary/aromatic N) is 1. The number of thiophene rings is 1. The normalized spacial score (nSPS) is 10.4. The summed E-state index contributed by atoms with van der Waals surface area (Å²) < 4.78 is 1.47. The van der Waals surface area contributed by atoms with Gasteiger partial charge in [-0.2, -0.15) is 0 Å². The zero-order valence-electron chi connectivity index (χ0n) is 9.82. The second-order valence-corrected chi connectivity index (χ2v) is 6.51. The van der Waals surface area contributed by atoms with E-state index < -0.39 is 0 Å². The van der Waals surface area contributed by atoms with E-state index in [2.05, 4.69) is 26.2 Å². The van der Waals surface area contributed by atoms with Crippen LogP contribution in [0.25, 0.3) is 0 Å². The molecule has 0 fully saturated rings. The maximum atomic E-state index is 11.9. The lowest BCUT2D eigenvalue weighted by molar-refractivity contribution is 0.0955. The molecular formula is C12H11BrClN3OS. The molecule has 2 rings (SSSR count). The molecule has 0 saturated carbocycles. The summed E-state index contributed by atoms with van der Waals surface area (Å²) in [7, 11) is 0. The Morgan fingerprint density at radius 2 is 2.32 bits per heavy atom. The number of pyridine rings is 1. The van der Waals surface area contributed by atoms with Crippen molar-refractivity contribution < 1.29 is 4.79 Å². The van der Waals surface area contributed by atoms with Crippen molar-refractivity contribution in [3.63, 3.8) is 0 Å². The predicted molar refractivity (Wildman–Crippen MR) is 81.7 cm³/mol. The summed E-state index contributed by atoms with van der Waals surface area (Å²) in [6, 6.07) is 5.45. The van der Waals surface area contributed by atoms with Gasteiger partial charge in [-0.1, -0.05) is 11.6 Å². The third-order valence-corrected chi connectivity index (χ3v) is 4.14. The maximum Gasteiger partial charge on any atom is 0.255 e. The summed E-state index contributed by atoms with van der Waals surface area (Å²) in [5, 5.41) is 2.81. The highest BCUT2D eigenvalue weighted by molar-refractivity contribution is 9.10. The van der Waals surface area contributed by atoms with Crippen molar-refractivity contribution in [2.45, 2.75) is 6.42 Å². The van der Waals surface area contributed by atoms with Crippen LogP contribution in [-0.2, 0) is 6.42 Å². The van der Waals surface area contributed by atoms with E-state index in [4.69, 9.17) is 17.3 Å². The molecule has 0 radical (unpaired) electrons. The van der Waals surface area contributed by atoms with Crippen molar-refractivity contribution in [2.24, 2.45) is 0 Å². The highest BCUT2D eigenvalue weighted by Crippen LogP contribution is 2.21. The van der Waals surface area contributed by atoms with Crippen LogP contribution in [0.1, 0.15) is 15.2 Å². The third kappa shape index (κ3) is 3.92. The molecule has 0 aliphatic heterocycles. The summed E-state index contributed by atoms with van der Waals surface area (Å²) >= 11 is 10.6. The summed E-state index contributed by atoms with van der Waals surface area (Å²) in [4.78, 5) is 17.0. The van der Waals surface area contributed by atoms with Crippen LogP contribution in [0, 0.1) is 0 Å². The van der Waals surface area contributed by atoms with Crippen molar-refractivity contribution in [2.75, 3.05) is 12.3 Å². The second kappa shape index (κ2) is 6.36. The minimum atomic E-state index is -0.228. The predicted octanol–water partition coefficient (Wildman–Crippen LogP) is 3.11. The molecule has 0 atom stereocenters. The summed E-state index contributed by atoms with van der Waals surface area (Å²) in [5.74, 6) is -0.00572. The molecule has 0 saturated heterocycles. The van der Waals surface area contributed by atoms with Gasteiger partial charge in [0, 0.05) is 22.1 Å². The van der Waals surface area contributed by atoms with Crippen LogP contribution in [0.5, 0.6) is 0 Å². The van der Waals surface area contributed by atoms with Gasteiger partial charge in [-0.25, -0.2) is 4.98 Å². The van der Waals surface area contributed by atoms with Gasteiger partial charge in [0.1, 0.15) is 5.82 Å². The fourth-order valence-electron chi connectivity index (χ4n) is 1.51. The summed E-state index contributed by atoms with van der Waals surface area (Å²) in [6.07, 6.45) is 2.30. The third-order valence-electron chi connectivity index (χ3n) is 2.42. The van der Waals surface area contributed by atoms with E-state index in [0.29, 0.717) is 12.1 Å². The average molecular weight is 361 g/mol. The van der Waals surface area contributed by atoms with Gasteiger partial charge in [-0.3, -0.25) is 4.79 Å². The van der Waals surface area contributed by atoms with Crippen molar-refractivity contribution in [1.82, 2.24) is 10.3 Å². The Hall–Kier alpha value is -1.11. The number of rotatable bonds is 4. The number of nitrogen functional groups attached to an aromatic ring is 1. The second-order valence-electron chi connectivity index (χ2n) is 3.80. The van der Waals surface area contributed by atoms with Gasteiger partial charge in [0.2, 0.25) is 0 Å². The first-order valence-corrected chi connectivity index (χ1v) is 7.48. The minimum Gasteiger partial charge on any atom is -0.383 e. The first kappa shape index (κ1) is 14.3. The zero-order chi connectivity index (χ0) is 13.8. The lowest BCUT2D eigenvalue weighted by atomic mass is 10.2. The highest BCUT2D eigenvalue weighted by Gasteiger charge is 2.11. The van der Waals surface area contributed by atoms with Crippen molar-refractivity contribution in [3.05, 3.63) is 43.6 Å². The number of anilines is 1. The molecule has 0 unspecified atom stereocenters. The standard InChI is InChI=1S/C12H11BrClN3OS/c13-7-5-9(11(15)17-6-7)12(18)16-4-3-8-1-2-10(14)19-8/h1-2,5-6H,3-4H2,(H2,15,17)(H,16,18). The summed E-state index contributed by atoms with van der Waals surface area (Å²) in [6.45, 7) is 0.529. The zero-order valence-corrected chi connectivity index (χ0v) is 13.0. The Kier molecular flexibility index (Phi) is 4.79. The van der Waals surface area contributed by atoms with E-state index in [1.807, 2.05) is 12.1 Å². The van der Waals surface area contributed by atoms with Crippen LogP contribution in [0.15, 0.2) is 28.9 Å². The molecule has 2 aromatic rings. The van der Waals surface area contributed by atoms with Crippen LogP contribution in [0.2, 0.25) is 4.34 Å². The summed E-state index contributed by atoms with van der Waals surface area (Å²) in [5.41, 5.74) is 6.04. The Morgan fingerprint density at radius 3 is 3.00 bits per heavy atom. The number of hydrogen-bond acceptors (Lipinski definition) is 4. The van der Waals surface area contributed by atoms with Crippen LogP contribution in [-0.4, -0.2) is 17.4 Å². The first-order chi connectivity index (χ1) is 9.06. The van der Waals surface area contributed by atoms with Gasteiger partial charge in [0.25, 0.3) is 5.91 Å². The van der Waals surface area contributed by atoms with E-state index in [-0.39, 0.29) is 11.7 Å². The smallest absolute Gasteiger partial charge is 0.255 e. The Bertz CT molecular complexity index is 602. The Labute approximate surface area is 128 Å². The molecule has 3 N–H and O–H groups in total. The fraction of sp³-hybridized carbons (Fsp3) is 0.167. The number of nitrogens with two attached hydrogens (primary N) is 1. The SMILES string of the molecule is Nc1ncc(Br)cc1C(=O)NCCc1ccc(Cl)s1. The quantitative estimate of drug-likeness (QED) is 0.880. The Morgan fingerprint density at radius 1 is 1.53 bits per heavy atom. The topological polar surface area (TPSA) is 68.0 Å². The molecule has 4 nitrogen and oxygen atoms in total. The molecule has 0 aliphatic carbocycles. The van der Waals surface area contributed by atoms with Crippen LogP contribution in [0.4, 0.5) is 5.82 Å². The number of amides is 1. The lowest BCUT2D eigenvalue weighted by Gasteiger charge is -2.06. The molecule has 19 heavy (non-hydrogen) atoms. The number of carbonyl (C=O) groups is 1. The molecule has 0 aromatic carbocycles. The average Bonchev–Trinajstić information content (AvgIpc) is 2.78. The maximum absolute atomic E-state index is 11.9. The molecule has 0 aliphatic rings. The number of aromatic nitrogens is 1. The van der Waals surface area contributed by atoms with Gasteiger partial charge in [0.05, 0.1) is 9.90 Å². The molecule has 0 spiro atoms. The molecule has 0 bridgehead atoms. The molecule has 2 heterocycles. The monoisotopic (exact) mass is 359 g/mol. The number of nitrogens with one attached hydrogen (secondary N) is 1. The van der Waals surface area contributed by atoms with Gasteiger partial charge >= 0.3 is 0 Å². The first-order valence-electron chi connectivity index (χ1n) is 5.49. The van der Waals surface area contributed by atoms with E-state index in [9.17, 15) is 4.79 Å². The molecular weight excluding hydrogens is 350 g/mol. The lowest BCUT2D eigenvalue weighted by Crippen LogP contribution is -2.26. The van der Waals surface area contributed by atoms with Crippen molar-refractivity contribution in [3.8, 4) is 0 Å².